The van der Waals surface area contributed by atoms with E-state index in [0.29, 0.717) is 18.7 Å². The van der Waals surface area contributed by atoms with Crippen LogP contribution in [-0.4, -0.2) is 44.1 Å². The summed E-state index contributed by atoms with van der Waals surface area (Å²) in [5.41, 5.74) is 0.781. The molecule has 1 aromatic rings. The summed E-state index contributed by atoms with van der Waals surface area (Å²) >= 11 is 0. The largest absolute Gasteiger partial charge is 0.496 e. The molecule has 19 heavy (non-hydrogen) atoms. The Morgan fingerprint density at radius 1 is 1.47 bits per heavy atom. The van der Waals surface area contributed by atoms with Crippen molar-refractivity contribution >= 4 is 10.0 Å². The van der Waals surface area contributed by atoms with E-state index in [4.69, 9.17) is 4.74 Å². The van der Waals surface area contributed by atoms with Gasteiger partial charge in [0.25, 0.3) is 0 Å². The molecule has 1 heterocycles. The van der Waals surface area contributed by atoms with Crippen LogP contribution in [0.25, 0.3) is 0 Å². The second-order valence-corrected chi connectivity index (χ2v) is 6.62. The molecule has 106 valence electrons. The van der Waals surface area contributed by atoms with Gasteiger partial charge in [-0.15, -0.1) is 0 Å². The van der Waals surface area contributed by atoms with Crippen LogP contribution in [0.1, 0.15) is 18.4 Å². The van der Waals surface area contributed by atoms with Crippen LogP contribution in [0.15, 0.2) is 23.1 Å². The lowest BCUT2D eigenvalue weighted by Gasteiger charge is -2.22. The number of ether oxygens (including phenoxy) is 1. The Kier molecular flexibility index (Phi) is 4.13. The Morgan fingerprint density at radius 3 is 2.79 bits per heavy atom. The standard InChI is InChI=1S/C13H19NO4S/c1-10-8-12(5-6-13(10)18-2)19(16,17)14-7-3-4-11(14)9-15/h5-6,8,11,15H,3-4,7,9H2,1-2H3/t11-/m0/s1. The molecule has 0 bridgehead atoms. The number of aryl methyl sites for hydroxylation is 1. The Hall–Kier alpha value is -1.11. The first-order valence-corrected chi connectivity index (χ1v) is 7.72. The molecule has 1 fully saturated rings. The third kappa shape index (κ3) is 2.61. The Labute approximate surface area is 113 Å². The molecule has 1 saturated heterocycles. The van der Waals surface area contributed by atoms with Gasteiger partial charge in [0.1, 0.15) is 5.75 Å². The quantitative estimate of drug-likeness (QED) is 0.901. The molecule has 0 unspecified atom stereocenters. The van der Waals surface area contributed by atoms with Crippen LogP contribution >= 0.6 is 0 Å². The highest BCUT2D eigenvalue weighted by molar-refractivity contribution is 7.89. The molecular weight excluding hydrogens is 266 g/mol. The molecular formula is C13H19NO4S. The fourth-order valence-electron chi connectivity index (χ4n) is 2.45. The van der Waals surface area contributed by atoms with Gasteiger partial charge in [0, 0.05) is 12.6 Å². The highest BCUT2D eigenvalue weighted by atomic mass is 32.2. The summed E-state index contributed by atoms with van der Waals surface area (Å²) in [5, 5.41) is 9.26. The number of nitrogens with zero attached hydrogens (tertiary/aromatic N) is 1. The predicted octanol–water partition coefficient (Wildman–Crippen LogP) is 1.15. The smallest absolute Gasteiger partial charge is 0.243 e. The molecule has 0 amide bonds. The van der Waals surface area contributed by atoms with Crippen LogP contribution < -0.4 is 4.74 Å². The minimum atomic E-state index is -3.53. The first-order valence-electron chi connectivity index (χ1n) is 6.28. The van der Waals surface area contributed by atoms with Crippen molar-refractivity contribution in [2.45, 2.75) is 30.7 Å². The molecule has 0 saturated carbocycles. The second-order valence-electron chi connectivity index (χ2n) is 4.73. The summed E-state index contributed by atoms with van der Waals surface area (Å²) in [6.45, 7) is 2.15. The molecule has 0 aromatic heterocycles. The van der Waals surface area contributed by atoms with Gasteiger partial charge in [-0.2, -0.15) is 4.31 Å². The number of methoxy groups -OCH3 is 1. The van der Waals surface area contributed by atoms with Crippen molar-refractivity contribution in [2.75, 3.05) is 20.3 Å². The van der Waals surface area contributed by atoms with Gasteiger partial charge < -0.3 is 9.84 Å². The minimum Gasteiger partial charge on any atom is -0.496 e. The maximum atomic E-state index is 12.5. The zero-order chi connectivity index (χ0) is 14.0. The molecule has 6 heteroatoms. The van der Waals surface area contributed by atoms with Crippen molar-refractivity contribution in [1.82, 2.24) is 4.31 Å². The average molecular weight is 285 g/mol. The summed E-state index contributed by atoms with van der Waals surface area (Å²) in [6.07, 6.45) is 1.50. The lowest BCUT2D eigenvalue weighted by molar-refractivity contribution is 0.213. The Bertz CT molecular complexity index is 556. The highest BCUT2D eigenvalue weighted by Crippen LogP contribution is 2.28. The Balaban J connectivity index is 2.37. The van der Waals surface area contributed by atoms with Crippen molar-refractivity contribution in [3.8, 4) is 5.75 Å². The van der Waals surface area contributed by atoms with E-state index in [1.807, 2.05) is 6.92 Å². The molecule has 1 aliphatic heterocycles. The molecule has 1 N–H and O–H groups in total. The van der Waals surface area contributed by atoms with E-state index in [2.05, 4.69) is 0 Å². The molecule has 1 atom stereocenters. The SMILES string of the molecule is COc1ccc(S(=O)(=O)N2CCC[C@H]2CO)cc1C. The molecule has 1 aliphatic rings. The number of aliphatic hydroxyl groups excluding tert-OH is 1. The van der Waals surface area contributed by atoms with Crippen molar-refractivity contribution in [3.63, 3.8) is 0 Å². The van der Waals surface area contributed by atoms with Crippen molar-refractivity contribution < 1.29 is 18.3 Å². The van der Waals surface area contributed by atoms with Crippen LogP contribution in [0.4, 0.5) is 0 Å². The summed E-state index contributed by atoms with van der Waals surface area (Å²) < 4.78 is 31.6. The van der Waals surface area contributed by atoms with E-state index in [-0.39, 0.29) is 17.5 Å². The van der Waals surface area contributed by atoms with Gasteiger partial charge in [0.15, 0.2) is 0 Å². The zero-order valence-corrected chi connectivity index (χ0v) is 12.0. The topological polar surface area (TPSA) is 66.8 Å². The summed E-state index contributed by atoms with van der Waals surface area (Å²) in [5.74, 6) is 0.666. The summed E-state index contributed by atoms with van der Waals surface area (Å²) in [4.78, 5) is 0.256. The lowest BCUT2D eigenvalue weighted by atomic mass is 10.2. The predicted molar refractivity (Wildman–Crippen MR) is 71.7 cm³/mol. The first-order chi connectivity index (χ1) is 9.00. The number of aliphatic hydroxyl groups is 1. The van der Waals surface area contributed by atoms with Crippen LogP contribution in [0, 0.1) is 6.92 Å². The lowest BCUT2D eigenvalue weighted by Crippen LogP contribution is -2.37. The third-order valence-corrected chi connectivity index (χ3v) is 5.45. The van der Waals surface area contributed by atoms with Crippen LogP contribution in [-0.2, 0) is 10.0 Å². The van der Waals surface area contributed by atoms with Gasteiger partial charge in [0.05, 0.1) is 18.6 Å². The van der Waals surface area contributed by atoms with Gasteiger partial charge in [-0.05, 0) is 43.5 Å². The first kappa shape index (κ1) is 14.3. The van der Waals surface area contributed by atoms with Crippen LogP contribution in [0.2, 0.25) is 0 Å². The molecule has 0 aliphatic carbocycles. The van der Waals surface area contributed by atoms with E-state index in [9.17, 15) is 13.5 Å². The van der Waals surface area contributed by atoms with Crippen LogP contribution in [0.5, 0.6) is 5.75 Å². The van der Waals surface area contributed by atoms with Gasteiger partial charge in [-0.1, -0.05) is 0 Å². The summed E-state index contributed by atoms with van der Waals surface area (Å²) in [7, 11) is -1.98. The molecule has 0 radical (unpaired) electrons. The third-order valence-electron chi connectivity index (χ3n) is 3.51. The fraction of sp³-hybridized carbons (Fsp3) is 0.538. The molecule has 1 aromatic carbocycles. The maximum Gasteiger partial charge on any atom is 0.243 e. The normalized spacial score (nSPS) is 20.7. The molecule has 5 nitrogen and oxygen atoms in total. The summed E-state index contributed by atoms with van der Waals surface area (Å²) in [6, 6.07) is 4.52. The van der Waals surface area contributed by atoms with E-state index < -0.39 is 10.0 Å². The zero-order valence-electron chi connectivity index (χ0n) is 11.2. The van der Waals surface area contributed by atoms with Crippen LogP contribution in [0.3, 0.4) is 0 Å². The van der Waals surface area contributed by atoms with Gasteiger partial charge >= 0.3 is 0 Å². The maximum absolute atomic E-state index is 12.5. The number of benzene rings is 1. The number of sulfonamides is 1. The van der Waals surface area contributed by atoms with Crippen molar-refractivity contribution in [1.29, 1.82) is 0 Å². The number of hydrogen-bond acceptors (Lipinski definition) is 4. The van der Waals surface area contributed by atoms with E-state index in [0.717, 1.165) is 12.0 Å². The van der Waals surface area contributed by atoms with Crippen molar-refractivity contribution in [2.24, 2.45) is 0 Å². The van der Waals surface area contributed by atoms with Gasteiger partial charge in [0.2, 0.25) is 10.0 Å². The number of rotatable bonds is 4. The second kappa shape index (κ2) is 5.48. The monoisotopic (exact) mass is 285 g/mol. The number of hydrogen-bond donors (Lipinski definition) is 1. The average Bonchev–Trinajstić information content (AvgIpc) is 2.87. The molecule has 0 spiro atoms. The highest BCUT2D eigenvalue weighted by Gasteiger charge is 2.34. The van der Waals surface area contributed by atoms with Gasteiger partial charge in [-0.3, -0.25) is 0 Å². The van der Waals surface area contributed by atoms with Crippen molar-refractivity contribution in [3.05, 3.63) is 23.8 Å². The van der Waals surface area contributed by atoms with E-state index in [1.54, 1.807) is 25.3 Å². The van der Waals surface area contributed by atoms with E-state index in [1.165, 1.54) is 4.31 Å². The fourth-order valence-corrected chi connectivity index (χ4v) is 4.23. The van der Waals surface area contributed by atoms with E-state index >= 15 is 0 Å². The molecule has 2 rings (SSSR count). The minimum absolute atomic E-state index is 0.131. The Morgan fingerprint density at radius 2 is 2.21 bits per heavy atom. The van der Waals surface area contributed by atoms with Gasteiger partial charge in [-0.25, -0.2) is 8.42 Å².